The molecular formula is C20H23N3O3. The van der Waals surface area contributed by atoms with Crippen molar-refractivity contribution in [1.82, 2.24) is 14.9 Å². The van der Waals surface area contributed by atoms with Crippen molar-refractivity contribution in [1.29, 1.82) is 0 Å². The molecule has 1 aliphatic heterocycles. The zero-order valence-electron chi connectivity index (χ0n) is 15.1. The quantitative estimate of drug-likeness (QED) is 0.707. The molecule has 6 nitrogen and oxygen atoms in total. The van der Waals surface area contributed by atoms with E-state index in [1.165, 1.54) is 17.3 Å². The third kappa shape index (κ3) is 2.90. The van der Waals surface area contributed by atoms with Gasteiger partial charge in [0.2, 0.25) is 0 Å². The van der Waals surface area contributed by atoms with E-state index in [4.69, 9.17) is 9.15 Å². The minimum atomic E-state index is -0.182. The van der Waals surface area contributed by atoms with Gasteiger partial charge in [0.05, 0.1) is 31.3 Å². The van der Waals surface area contributed by atoms with Crippen LogP contribution in [-0.4, -0.2) is 34.0 Å². The molecule has 1 N–H and O–H groups in total. The van der Waals surface area contributed by atoms with Crippen molar-refractivity contribution in [2.45, 2.75) is 38.8 Å². The van der Waals surface area contributed by atoms with Gasteiger partial charge in [0.15, 0.2) is 6.39 Å². The Morgan fingerprint density at radius 1 is 1.46 bits per heavy atom. The van der Waals surface area contributed by atoms with E-state index in [-0.39, 0.29) is 18.1 Å². The van der Waals surface area contributed by atoms with Crippen LogP contribution in [0.4, 0.5) is 0 Å². The van der Waals surface area contributed by atoms with Gasteiger partial charge >= 0.3 is 5.97 Å². The average molecular weight is 353 g/mol. The van der Waals surface area contributed by atoms with Crippen molar-refractivity contribution < 1.29 is 13.9 Å². The lowest BCUT2D eigenvalue weighted by Crippen LogP contribution is -2.38. The fourth-order valence-corrected chi connectivity index (χ4v) is 3.99. The lowest BCUT2D eigenvalue weighted by atomic mass is 9.93. The molecule has 3 heterocycles. The second kappa shape index (κ2) is 6.96. The Bertz CT molecular complexity index is 900. The standard InChI is InChI=1S/C20H23N3O3/c1-3-25-19(24)10-17-20-15(14-6-4-5-7-16(14)22-20)8-9-23(17)13(2)18-11-21-12-26-18/h4-7,11-13,17,22H,3,8-10H2,1-2H3/t13-,17-/m0/s1. The first-order valence-electron chi connectivity index (χ1n) is 9.08. The van der Waals surface area contributed by atoms with Crippen molar-refractivity contribution in [2.24, 2.45) is 0 Å². The number of rotatable bonds is 5. The van der Waals surface area contributed by atoms with E-state index in [1.807, 2.05) is 13.0 Å². The summed E-state index contributed by atoms with van der Waals surface area (Å²) < 4.78 is 10.8. The molecule has 2 aromatic heterocycles. The van der Waals surface area contributed by atoms with Gasteiger partial charge in [-0.25, -0.2) is 4.98 Å². The Balaban J connectivity index is 1.74. The molecule has 0 radical (unpaired) electrons. The SMILES string of the molecule is CCOC(=O)C[C@H]1c2[nH]c3ccccc3c2CCN1[C@@H](C)c1cnco1. The fraction of sp³-hybridized carbons (Fsp3) is 0.400. The van der Waals surface area contributed by atoms with Crippen LogP contribution in [0.15, 0.2) is 41.3 Å². The number of carbonyl (C=O) groups is 1. The van der Waals surface area contributed by atoms with Gasteiger partial charge in [-0.1, -0.05) is 18.2 Å². The fourth-order valence-electron chi connectivity index (χ4n) is 3.99. The number of benzene rings is 1. The number of carbonyl (C=O) groups excluding carboxylic acids is 1. The molecule has 2 atom stereocenters. The molecule has 3 aromatic rings. The molecule has 0 saturated heterocycles. The molecule has 1 aromatic carbocycles. The number of hydrogen-bond acceptors (Lipinski definition) is 5. The number of aromatic amines is 1. The highest BCUT2D eigenvalue weighted by Gasteiger charge is 2.36. The zero-order chi connectivity index (χ0) is 18.1. The number of aromatic nitrogens is 2. The monoisotopic (exact) mass is 353 g/mol. The van der Waals surface area contributed by atoms with Crippen molar-refractivity contribution in [3.05, 3.63) is 53.9 Å². The third-order valence-electron chi connectivity index (χ3n) is 5.23. The molecule has 1 aliphatic rings. The Hall–Kier alpha value is -2.60. The molecule has 136 valence electrons. The predicted octanol–water partition coefficient (Wildman–Crippen LogP) is 3.77. The average Bonchev–Trinajstić information content (AvgIpc) is 3.30. The molecule has 26 heavy (non-hydrogen) atoms. The zero-order valence-corrected chi connectivity index (χ0v) is 15.1. The number of hydrogen-bond donors (Lipinski definition) is 1. The molecule has 6 heteroatoms. The van der Waals surface area contributed by atoms with E-state index in [0.717, 1.165) is 29.9 Å². The van der Waals surface area contributed by atoms with Crippen LogP contribution >= 0.6 is 0 Å². The first-order valence-corrected chi connectivity index (χ1v) is 9.08. The summed E-state index contributed by atoms with van der Waals surface area (Å²) in [7, 11) is 0. The molecule has 0 amide bonds. The van der Waals surface area contributed by atoms with Crippen LogP contribution in [0.1, 0.15) is 49.4 Å². The number of para-hydroxylation sites is 1. The second-order valence-electron chi connectivity index (χ2n) is 6.66. The summed E-state index contributed by atoms with van der Waals surface area (Å²) in [5.41, 5.74) is 3.52. The molecule has 0 aliphatic carbocycles. The number of ether oxygens (including phenoxy) is 1. The number of esters is 1. The molecule has 0 unspecified atom stereocenters. The van der Waals surface area contributed by atoms with Crippen LogP contribution in [0, 0.1) is 0 Å². The summed E-state index contributed by atoms with van der Waals surface area (Å²) in [4.78, 5) is 22.2. The van der Waals surface area contributed by atoms with Crippen LogP contribution in [0.25, 0.3) is 10.9 Å². The van der Waals surface area contributed by atoms with Gasteiger partial charge in [0, 0.05) is 23.1 Å². The van der Waals surface area contributed by atoms with E-state index < -0.39 is 0 Å². The normalized spacial score (nSPS) is 18.6. The molecule has 0 bridgehead atoms. The first-order chi connectivity index (χ1) is 12.7. The van der Waals surface area contributed by atoms with Crippen LogP contribution < -0.4 is 0 Å². The van der Waals surface area contributed by atoms with E-state index in [0.29, 0.717) is 13.0 Å². The van der Waals surface area contributed by atoms with Gasteiger partial charge in [-0.2, -0.15) is 0 Å². The van der Waals surface area contributed by atoms with Crippen molar-refractivity contribution in [3.8, 4) is 0 Å². The Labute approximate surface area is 152 Å². The lowest BCUT2D eigenvalue weighted by Gasteiger charge is -2.38. The molecule has 0 spiro atoms. The predicted molar refractivity (Wildman–Crippen MR) is 97.6 cm³/mol. The third-order valence-corrected chi connectivity index (χ3v) is 5.23. The summed E-state index contributed by atoms with van der Waals surface area (Å²) in [6.45, 7) is 5.16. The number of nitrogens with one attached hydrogen (secondary N) is 1. The first kappa shape index (κ1) is 16.8. The van der Waals surface area contributed by atoms with E-state index in [1.54, 1.807) is 6.20 Å². The van der Waals surface area contributed by atoms with Gasteiger partial charge in [-0.05, 0) is 31.9 Å². The van der Waals surface area contributed by atoms with Crippen LogP contribution in [0.5, 0.6) is 0 Å². The number of nitrogens with zero attached hydrogens (tertiary/aromatic N) is 2. The van der Waals surface area contributed by atoms with Crippen LogP contribution in [-0.2, 0) is 16.0 Å². The summed E-state index contributed by atoms with van der Waals surface area (Å²) >= 11 is 0. The summed E-state index contributed by atoms with van der Waals surface area (Å²) in [5.74, 6) is 0.622. The highest BCUT2D eigenvalue weighted by molar-refractivity contribution is 5.85. The Morgan fingerprint density at radius 3 is 3.08 bits per heavy atom. The van der Waals surface area contributed by atoms with Gasteiger partial charge in [0.1, 0.15) is 5.76 Å². The second-order valence-corrected chi connectivity index (χ2v) is 6.66. The van der Waals surface area contributed by atoms with Gasteiger partial charge < -0.3 is 14.1 Å². The summed E-state index contributed by atoms with van der Waals surface area (Å²) in [6, 6.07) is 8.25. The maximum absolute atomic E-state index is 12.3. The Morgan fingerprint density at radius 2 is 2.31 bits per heavy atom. The van der Waals surface area contributed by atoms with E-state index in [2.05, 4.69) is 40.0 Å². The van der Waals surface area contributed by atoms with Crippen molar-refractivity contribution in [2.75, 3.05) is 13.2 Å². The van der Waals surface area contributed by atoms with E-state index in [9.17, 15) is 4.79 Å². The van der Waals surface area contributed by atoms with Crippen LogP contribution in [0.3, 0.4) is 0 Å². The van der Waals surface area contributed by atoms with Crippen molar-refractivity contribution in [3.63, 3.8) is 0 Å². The topological polar surface area (TPSA) is 71.4 Å². The Kier molecular flexibility index (Phi) is 4.51. The highest BCUT2D eigenvalue weighted by atomic mass is 16.5. The maximum Gasteiger partial charge on any atom is 0.307 e. The molecule has 0 fully saturated rings. The summed E-state index contributed by atoms with van der Waals surface area (Å²) in [6.07, 6.45) is 4.43. The summed E-state index contributed by atoms with van der Waals surface area (Å²) in [5, 5.41) is 1.24. The highest BCUT2D eigenvalue weighted by Crippen LogP contribution is 2.40. The van der Waals surface area contributed by atoms with Crippen molar-refractivity contribution >= 4 is 16.9 Å². The number of fused-ring (bicyclic) bond motifs is 3. The molecular weight excluding hydrogens is 330 g/mol. The number of H-pyrrole nitrogens is 1. The minimum absolute atomic E-state index is 0.0245. The lowest BCUT2D eigenvalue weighted by molar-refractivity contribution is -0.145. The van der Waals surface area contributed by atoms with Gasteiger partial charge in [0.25, 0.3) is 0 Å². The molecule has 4 rings (SSSR count). The van der Waals surface area contributed by atoms with Gasteiger partial charge in [-0.3, -0.25) is 9.69 Å². The largest absolute Gasteiger partial charge is 0.466 e. The maximum atomic E-state index is 12.3. The minimum Gasteiger partial charge on any atom is -0.466 e. The van der Waals surface area contributed by atoms with Gasteiger partial charge in [-0.15, -0.1) is 0 Å². The van der Waals surface area contributed by atoms with E-state index >= 15 is 0 Å². The van der Waals surface area contributed by atoms with Crippen LogP contribution in [0.2, 0.25) is 0 Å². The number of oxazole rings is 1. The smallest absolute Gasteiger partial charge is 0.307 e. The molecule has 0 saturated carbocycles.